The van der Waals surface area contributed by atoms with E-state index in [1.165, 1.54) is 0 Å². The first-order chi connectivity index (χ1) is 5.70. The van der Waals surface area contributed by atoms with Gasteiger partial charge in [-0.2, -0.15) is 0 Å². The van der Waals surface area contributed by atoms with Crippen molar-refractivity contribution < 1.29 is 14.7 Å². The minimum Gasteiger partial charge on any atom is -0.480 e. The number of amides is 1. The van der Waals surface area contributed by atoms with Gasteiger partial charge in [0, 0.05) is 0 Å². The van der Waals surface area contributed by atoms with E-state index in [2.05, 4.69) is 10.6 Å². The van der Waals surface area contributed by atoms with Crippen LogP contribution in [0.2, 0.25) is 0 Å². The normalized spacial score (nSPS) is 20.5. The fourth-order valence-corrected chi connectivity index (χ4v) is 1.19. The van der Waals surface area contributed by atoms with Crippen LogP contribution in [0.1, 0.15) is 12.8 Å². The van der Waals surface area contributed by atoms with Crippen LogP contribution in [-0.4, -0.2) is 36.1 Å². The lowest BCUT2D eigenvalue weighted by atomic mass is 10.2. The molecular weight excluding hydrogens is 196 g/mol. The minimum atomic E-state index is -1.01. The van der Waals surface area contributed by atoms with E-state index in [0.717, 1.165) is 19.4 Å². The maximum atomic E-state index is 11.1. The molecule has 0 saturated carbocycles. The number of hydrogen-bond acceptors (Lipinski definition) is 3. The van der Waals surface area contributed by atoms with Gasteiger partial charge in [-0.3, -0.25) is 9.59 Å². The lowest BCUT2D eigenvalue weighted by Crippen LogP contribution is -2.42. The third kappa shape index (κ3) is 4.10. The highest BCUT2D eigenvalue weighted by Crippen LogP contribution is 2.03. The zero-order valence-corrected chi connectivity index (χ0v) is 7.89. The predicted octanol–water partition coefficient (Wildman–Crippen LogP) is -0.639. The number of carboxylic acids is 1. The Morgan fingerprint density at radius 3 is 2.69 bits per heavy atom. The summed E-state index contributed by atoms with van der Waals surface area (Å²) < 4.78 is 0. The molecule has 0 aromatic carbocycles. The van der Waals surface area contributed by atoms with Crippen LogP contribution in [0.25, 0.3) is 0 Å². The average molecular weight is 209 g/mol. The number of hydrogen-bond donors (Lipinski definition) is 3. The van der Waals surface area contributed by atoms with Crippen molar-refractivity contribution in [3.63, 3.8) is 0 Å². The smallest absolute Gasteiger partial charge is 0.322 e. The Balaban J connectivity index is 0.00000144. The van der Waals surface area contributed by atoms with Crippen molar-refractivity contribution in [3.05, 3.63) is 0 Å². The molecule has 76 valence electrons. The molecule has 0 aromatic heterocycles. The van der Waals surface area contributed by atoms with E-state index < -0.39 is 5.97 Å². The maximum Gasteiger partial charge on any atom is 0.322 e. The molecule has 1 saturated heterocycles. The van der Waals surface area contributed by atoms with E-state index in [4.69, 9.17) is 5.11 Å². The highest BCUT2D eigenvalue weighted by molar-refractivity contribution is 5.85. The van der Waals surface area contributed by atoms with Crippen LogP contribution < -0.4 is 10.6 Å². The highest BCUT2D eigenvalue weighted by Gasteiger charge is 2.21. The molecule has 0 unspecified atom stereocenters. The van der Waals surface area contributed by atoms with E-state index in [0.29, 0.717) is 0 Å². The molecule has 0 bridgehead atoms. The van der Waals surface area contributed by atoms with Crippen LogP contribution in [0.3, 0.4) is 0 Å². The highest BCUT2D eigenvalue weighted by atomic mass is 35.5. The largest absolute Gasteiger partial charge is 0.480 e. The number of carbonyl (C=O) groups excluding carboxylic acids is 1. The Bertz CT molecular complexity index is 192. The molecule has 1 rings (SSSR count). The molecule has 13 heavy (non-hydrogen) atoms. The van der Waals surface area contributed by atoms with E-state index in [1.807, 2.05) is 0 Å². The molecule has 5 nitrogen and oxygen atoms in total. The summed E-state index contributed by atoms with van der Waals surface area (Å²) in [6.45, 7) is 0.544. The summed E-state index contributed by atoms with van der Waals surface area (Å²) in [4.78, 5) is 21.2. The van der Waals surface area contributed by atoms with Crippen molar-refractivity contribution >= 4 is 24.3 Å². The first-order valence-corrected chi connectivity index (χ1v) is 3.93. The quantitative estimate of drug-likeness (QED) is 0.577. The van der Waals surface area contributed by atoms with Crippen LogP contribution in [0.4, 0.5) is 0 Å². The summed E-state index contributed by atoms with van der Waals surface area (Å²) in [5.41, 5.74) is 0. The lowest BCUT2D eigenvalue weighted by Gasteiger charge is -2.08. The molecule has 1 aliphatic rings. The van der Waals surface area contributed by atoms with Gasteiger partial charge in [-0.25, -0.2) is 0 Å². The van der Waals surface area contributed by atoms with Gasteiger partial charge in [0.1, 0.15) is 6.54 Å². The molecule has 0 radical (unpaired) electrons. The maximum absolute atomic E-state index is 11.1. The van der Waals surface area contributed by atoms with Crippen molar-refractivity contribution in [2.75, 3.05) is 13.1 Å². The van der Waals surface area contributed by atoms with Gasteiger partial charge in [-0.1, -0.05) is 0 Å². The van der Waals surface area contributed by atoms with Gasteiger partial charge in [0.25, 0.3) is 0 Å². The first-order valence-electron chi connectivity index (χ1n) is 3.93. The van der Waals surface area contributed by atoms with Crippen LogP contribution >= 0.6 is 12.4 Å². The fourth-order valence-electron chi connectivity index (χ4n) is 1.19. The Labute approximate surface area is 82.3 Å². The second-order valence-electron chi connectivity index (χ2n) is 2.76. The van der Waals surface area contributed by atoms with Gasteiger partial charge in [0.15, 0.2) is 0 Å². The average Bonchev–Trinajstić information content (AvgIpc) is 2.51. The molecule has 1 amide bonds. The SMILES string of the molecule is Cl.O=C(O)CNC(=O)[C@@H]1CCCN1. The third-order valence-corrected chi connectivity index (χ3v) is 1.79. The predicted molar refractivity (Wildman–Crippen MR) is 48.9 cm³/mol. The van der Waals surface area contributed by atoms with E-state index >= 15 is 0 Å². The van der Waals surface area contributed by atoms with Crippen LogP contribution in [-0.2, 0) is 9.59 Å². The summed E-state index contributed by atoms with van der Waals surface area (Å²) in [6.07, 6.45) is 1.77. The third-order valence-electron chi connectivity index (χ3n) is 1.79. The van der Waals surface area contributed by atoms with E-state index in [9.17, 15) is 9.59 Å². The minimum absolute atomic E-state index is 0. The number of carboxylic acid groups (broad SMARTS) is 1. The van der Waals surface area contributed by atoms with Gasteiger partial charge in [0.2, 0.25) is 5.91 Å². The monoisotopic (exact) mass is 208 g/mol. The molecule has 0 aliphatic carbocycles. The van der Waals surface area contributed by atoms with Crippen LogP contribution in [0.5, 0.6) is 0 Å². The molecule has 0 spiro atoms. The summed E-state index contributed by atoms with van der Waals surface area (Å²) in [5.74, 6) is -1.23. The number of carbonyl (C=O) groups is 2. The molecule has 6 heteroatoms. The molecule has 1 heterocycles. The molecule has 1 atom stereocenters. The molecule has 1 fully saturated rings. The van der Waals surface area contributed by atoms with Crippen molar-refractivity contribution in [1.82, 2.24) is 10.6 Å². The van der Waals surface area contributed by atoms with Crippen molar-refractivity contribution in [2.45, 2.75) is 18.9 Å². The van der Waals surface area contributed by atoms with Crippen molar-refractivity contribution in [2.24, 2.45) is 0 Å². The second-order valence-corrected chi connectivity index (χ2v) is 2.76. The van der Waals surface area contributed by atoms with Crippen LogP contribution in [0.15, 0.2) is 0 Å². The Kier molecular flexibility index (Phi) is 5.41. The van der Waals surface area contributed by atoms with E-state index in [-0.39, 0.29) is 30.9 Å². The summed E-state index contributed by atoms with van der Waals surface area (Å²) in [5, 5.41) is 13.6. The Morgan fingerprint density at radius 1 is 1.54 bits per heavy atom. The molecule has 1 aliphatic heterocycles. The molecular formula is C7H13ClN2O3. The number of halogens is 1. The Hall–Kier alpha value is -0.810. The second kappa shape index (κ2) is 5.77. The topological polar surface area (TPSA) is 78.4 Å². The van der Waals surface area contributed by atoms with Gasteiger partial charge >= 0.3 is 5.97 Å². The number of rotatable bonds is 3. The summed E-state index contributed by atoms with van der Waals surface area (Å²) in [7, 11) is 0. The summed E-state index contributed by atoms with van der Waals surface area (Å²) >= 11 is 0. The zero-order valence-electron chi connectivity index (χ0n) is 7.08. The summed E-state index contributed by atoms with van der Waals surface area (Å²) in [6, 6.07) is -0.190. The fraction of sp³-hybridized carbons (Fsp3) is 0.714. The van der Waals surface area contributed by atoms with Gasteiger partial charge in [-0.15, -0.1) is 12.4 Å². The standard InChI is InChI=1S/C7H12N2O3.ClH/c10-6(11)4-9-7(12)5-2-1-3-8-5;/h5,8H,1-4H2,(H,9,12)(H,10,11);1H/t5-;/m0./s1. The van der Waals surface area contributed by atoms with Crippen molar-refractivity contribution in [1.29, 1.82) is 0 Å². The molecule has 3 N–H and O–H groups in total. The van der Waals surface area contributed by atoms with Crippen molar-refractivity contribution in [3.8, 4) is 0 Å². The van der Waals surface area contributed by atoms with Gasteiger partial charge in [0.05, 0.1) is 6.04 Å². The van der Waals surface area contributed by atoms with Crippen LogP contribution in [0, 0.1) is 0 Å². The lowest BCUT2D eigenvalue weighted by molar-refractivity contribution is -0.138. The molecule has 0 aromatic rings. The first kappa shape index (κ1) is 12.2. The van der Waals surface area contributed by atoms with Gasteiger partial charge in [-0.05, 0) is 19.4 Å². The van der Waals surface area contributed by atoms with Gasteiger partial charge < -0.3 is 15.7 Å². The zero-order chi connectivity index (χ0) is 8.97. The number of nitrogens with one attached hydrogen (secondary N) is 2. The number of aliphatic carboxylic acids is 1. The van der Waals surface area contributed by atoms with E-state index in [1.54, 1.807) is 0 Å². The Morgan fingerprint density at radius 2 is 2.23 bits per heavy atom.